The topological polar surface area (TPSA) is 55.6 Å². The fraction of sp³-hybridized carbons (Fsp3) is 0.462. The first-order valence-electron chi connectivity index (χ1n) is 6.04. The molecule has 0 unspecified atom stereocenters. The van der Waals surface area contributed by atoms with Gasteiger partial charge in [0.1, 0.15) is 6.33 Å². The Morgan fingerprint density at radius 1 is 1.28 bits per heavy atom. The minimum Gasteiger partial charge on any atom is -0.385 e. The molecule has 2 rings (SSSR count). The number of hydrogen-bond acceptors (Lipinski definition) is 4. The zero-order valence-electron chi connectivity index (χ0n) is 11.3. The van der Waals surface area contributed by atoms with E-state index in [4.69, 9.17) is 0 Å². The van der Waals surface area contributed by atoms with Crippen LogP contribution in [0.1, 0.15) is 26.3 Å². The van der Waals surface area contributed by atoms with Crippen LogP contribution in [0.5, 0.6) is 0 Å². The molecule has 0 aliphatic carbocycles. The molecule has 0 atom stereocenters. The summed E-state index contributed by atoms with van der Waals surface area (Å²) in [5.41, 5.74) is 3.53. The lowest BCUT2D eigenvalue weighted by atomic mass is 9.97. The average Bonchev–Trinajstić information content (AvgIpc) is 2.79. The molecule has 18 heavy (non-hydrogen) atoms. The van der Waals surface area contributed by atoms with Gasteiger partial charge < -0.3 is 5.32 Å². The van der Waals surface area contributed by atoms with Crippen molar-refractivity contribution < 1.29 is 0 Å². The lowest BCUT2D eigenvalue weighted by molar-refractivity contribution is 0.443. The van der Waals surface area contributed by atoms with Crippen LogP contribution in [0.2, 0.25) is 0 Å². The molecular weight excluding hydrogens is 226 g/mol. The van der Waals surface area contributed by atoms with E-state index in [2.05, 4.69) is 60.7 Å². The zero-order chi connectivity index (χ0) is 13.2. The lowest BCUT2D eigenvalue weighted by Gasteiger charge is -2.20. The molecule has 5 heteroatoms. The Hall–Kier alpha value is -1.91. The van der Waals surface area contributed by atoms with Gasteiger partial charge in [-0.2, -0.15) is 0 Å². The van der Waals surface area contributed by atoms with Crippen molar-refractivity contribution in [1.82, 2.24) is 20.2 Å². The molecule has 0 saturated carbocycles. The first kappa shape index (κ1) is 12.5. The summed E-state index contributed by atoms with van der Waals surface area (Å²) in [7, 11) is 0. The van der Waals surface area contributed by atoms with Crippen molar-refractivity contribution >= 4 is 5.69 Å². The number of benzene rings is 1. The Kier molecular flexibility index (Phi) is 3.32. The summed E-state index contributed by atoms with van der Waals surface area (Å²) in [4.78, 5) is 0. The first-order valence-corrected chi connectivity index (χ1v) is 6.04. The van der Waals surface area contributed by atoms with Gasteiger partial charge >= 0.3 is 0 Å². The number of nitrogens with one attached hydrogen (secondary N) is 1. The molecule has 2 aromatic rings. The van der Waals surface area contributed by atoms with Gasteiger partial charge in [0.15, 0.2) is 0 Å². The largest absolute Gasteiger partial charge is 0.385 e. The molecule has 0 bridgehead atoms. The fourth-order valence-electron chi connectivity index (χ4n) is 1.66. The molecule has 0 aliphatic heterocycles. The highest BCUT2D eigenvalue weighted by Crippen LogP contribution is 2.20. The van der Waals surface area contributed by atoms with E-state index in [0.29, 0.717) is 0 Å². The van der Waals surface area contributed by atoms with Gasteiger partial charge in [-0.1, -0.05) is 20.8 Å². The predicted molar refractivity (Wildman–Crippen MR) is 71.8 cm³/mol. The van der Waals surface area contributed by atoms with E-state index >= 15 is 0 Å². The Labute approximate surface area is 107 Å². The third-order valence-corrected chi connectivity index (χ3v) is 2.62. The highest BCUT2D eigenvalue weighted by molar-refractivity contribution is 5.53. The molecule has 0 radical (unpaired) electrons. The van der Waals surface area contributed by atoms with E-state index < -0.39 is 0 Å². The number of rotatable bonds is 3. The molecular formula is C13H19N5. The Balaban J connectivity index is 2.15. The summed E-state index contributed by atoms with van der Waals surface area (Å²) in [5, 5.41) is 14.6. The molecule has 1 aromatic carbocycles. The Bertz CT molecular complexity index is 511. The second-order valence-electron chi connectivity index (χ2n) is 5.67. The maximum Gasteiger partial charge on any atom is 0.143 e. The molecule has 0 spiro atoms. The van der Waals surface area contributed by atoms with Gasteiger partial charge in [-0.3, -0.25) is 0 Å². The number of nitrogens with zero attached hydrogens (tertiary/aromatic N) is 4. The highest BCUT2D eigenvalue weighted by Gasteiger charge is 2.10. The van der Waals surface area contributed by atoms with Gasteiger partial charge in [0.2, 0.25) is 0 Å². The minimum absolute atomic E-state index is 0.266. The molecule has 1 aromatic heterocycles. The second-order valence-corrected chi connectivity index (χ2v) is 5.67. The van der Waals surface area contributed by atoms with Crippen molar-refractivity contribution in [2.75, 3.05) is 11.9 Å². The van der Waals surface area contributed by atoms with Crippen molar-refractivity contribution in [3.8, 4) is 5.69 Å². The zero-order valence-corrected chi connectivity index (χ0v) is 11.3. The van der Waals surface area contributed by atoms with Gasteiger partial charge in [0.25, 0.3) is 0 Å². The Morgan fingerprint density at radius 3 is 2.61 bits per heavy atom. The van der Waals surface area contributed by atoms with Crippen LogP contribution in [-0.2, 0) is 0 Å². The van der Waals surface area contributed by atoms with Crippen LogP contribution in [0.15, 0.2) is 24.5 Å². The number of hydrogen-bond donors (Lipinski definition) is 1. The fourth-order valence-corrected chi connectivity index (χ4v) is 1.66. The van der Waals surface area contributed by atoms with Crippen LogP contribution in [0.4, 0.5) is 5.69 Å². The quantitative estimate of drug-likeness (QED) is 0.902. The Morgan fingerprint density at radius 2 is 2.06 bits per heavy atom. The van der Waals surface area contributed by atoms with E-state index in [1.54, 1.807) is 11.0 Å². The van der Waals surface area contributed by atoms with E-state index in [1.165, 1.54) is 0 Å². The molecule has 0 aliphatic rings. The first-order chi connectivity index (χ1) is 8.46. The number of tetrazole rings is 1. The summed E-state index contributed by atoms with van der Waals surface area (Å²) in [6.07, 6.45) is 1.60. The van der Waals surface area contributed by atoms with Crippen molar-refractivity contribution in [1.29, 1.82) is 0 Å². The van der Waals surface area contributed by atoms with Crippen molar-refractivity contribution in [3.05, 3.63) is 30.1 Å². The summed E-state index contributed by atoms with van der Waals surface area (Å²) in [6.45, 7) is 9.63. The third kappa shape index (κ3) is 3.06. The number of aryl methyl sites for hydroxylation is 1. The molecule has 5 nitrogen and oxygen atoms in total. The molecule has 1 N–H and O–H groups in total. The molecule has 0 fully saturated rings. The maximum atomic E-state index is 3.90. The SMILES string of the molecule is Cc1cc(NCC(C)(C)C)ccc1-n1cnnn1. The van der Waals surface area contributed by atoms with Crippen molar-refractivity contribution in [2.24, 2.45) is 5.41 Å². The predicted octanol–water partition coefficient (Wildman–Crippen LogP) is 2.43. The smallest absolute Gasteiger partial charge is 0.143 e. The molecule has 1 heterocycles. The van der Waals surface area contributed by atoms with E-state index in [1.807, 2.05) is 6.07 Å². The van der Waals surface area contributed by atoms with Crippen molar-refractivity contribution in [3.63, 3.8) is 0 Å². The van der Waals surface area contributed by atoms with E-state index in [9.17, 15) is 0 Å². The summed E-state index contributed by atoms with van der Waals surface area (Å²) >= 11 is 0. The normalized spacial score (nSPS) is 11.6. The number of aromatic nitrogens is 4. The number of anilines is 1. The molecule has 96 valence electrons. The standard InChI is InChI=1S/C13H19N5/c1-10-7-11(14-8-13(2,3)4)5-6-12(10)18-9-15-16-17-18/h5-7,9,14H,8H2,1-4H3. The summed E-state index contributed by atoms with van der Waals surface area (Å²) < 4.78 is 1.67. The van der Waals surface area contributed by atoms with Gasteiger partial charge in [0.05, 0.1) is 5.69 Å². The molecule has 0 saturated heterocycles. The summed E-state index contributed by atoms with van der Waals surface area (Å²) in [6, 6.07) is 6.19. The van der Waals surface area contributed by atoms with Crippen molar-refractivity contribution in [2.45, 2.75) is 27.7 Å². The van der Waals surface area contributed by atoms with Crippen LogP contribution < -0.4 is 5.32 Å². The van der Waals surface area contributed by atoms with Gasteiger partial charge in [-0.25, -0.2) is 4.68 Å². The molecule has 0 amide bonds. The van der Waals surface area contributed by atoms with Gasteiger partial charge in [-0.05, 0) is 46.5 Å². The van der Waals surface area contributed by atoms with Crippen LogP contribution in [-0.4, -0.2) is 26.8 Å². The third-order valence-electron chi connectivity index (χ3n) is 2.62. The van der Waals surface area contributed by atoms with Crippen LogP contribution in [0.25, 0.3) is 5.69 Å². The van der Waals surface area contributed by atoms with Gasteiger partial charge in [-0.15, -0.1) is 5.10 Å². The summed E-state index contributed by atoms with van der Waals surface area (Å²) in [5.74, 6) is 0. The van der Waals surface area contributed by atoms with Crippen LogP contribution in [0, 0.1) is 12.3 Å². The van der Waals surface area contributed by atoms with Gasteiger partial charge in [0, 0.05) is 12.2 Å². The monoisotopic (exact) mass is 245 g/mol. The second kappa shape index (κ2) is 4.76. The van der Waals surface area contributed by atoms with E-state index in [0.717, 1.165) is 23.5 Å². The maximum absolute atomic E-state index is 3.90. The highest BCUT2D eigenvalue weighted by atomic mass is 15.5. The average molecular weight is 245 g/mol. The lowest BCUT2D eigenvalue weighted by Crippen LogP contribution is -2.19. The minimum atomic E-state index is 0.266. The van der Waals surface area contributed by atoms with Crippen LogP contribution in [0.3, 0.4) is 0 Å². The van der Waals surface area contributed by atoms with E-state index in [-0.39, 0.29) is 5.41 Å². The van der Waals surface area contributed by atoms with Crippen LogP contribution >= 0.6 is 0 Å².